The maximum atomic E-state index is 13.5. The van der Waals surface area contributed by atoms with Crippen molar-refractivity contribution in [2.24, 2.45) is 4.99 Å². The normalized spacial score (nSPS) is 17.9. The van der Waals surface area contributed by atoms with Gasteiger partial charge in [-0.1, -0.05) is 6.07 Å². The van der Waals surface area contributed by atoms with Gasteiger partial charge in [-0.05, 0) is 12.1 Å². The molecule has 0 fully saturated rings. The SMILES string of the molecule is COC(=O)NC1=NCC(c2c(F)cccc2F)N1. The number of ether oxygens (including phenoxy) is 1. The van der Waals surface area contributed by atoms with Crippen LogP contribution in [0.2, 0.25) is 0 Å². The van der Waals surface area contributed by atoms with Crippen molar-refractivity contribution < 1.29 is 18.3 Å². The zero-order chi connectivity index (χ0) is 13.1. The Kier molecular flexibility index (Phi) is 3.40. The number of carbonyl (C=O) groups excluding carboxylic acids is 1. The fourth-order valence-corrected chi connectivity index (χ4v) is 1.67. The Balaban J connectivity index is 2.09. The van der Waals surface area contributed by atoms with Crippen molar-refractivity contribution in [1.82, 2.24) is 10.6 Å². The molecule has 0 saturated carbocycles. The van der Waals surface area contributed by atoms with Crippen molar-refractivity contribution in [2.75, 3.05) is 13.7 Å². The summed E-state index contributed by atoms with van der Waals surface area (Å²) in [5.74, 6) is -1.17. The Morgan fingerprint density at radius 3 is 2.78 bits per heavy atom. The van der Waals surface area contributed by atoms with Crippen LogP contribution in [0.25, 0.3) is 0 Å². The van der Waals surface area contributed by atoms with Crippen molar-refractivity contribution in [3.05, 3.63) is 35.4 Å². The van der Waals surface area contributed by atoms with Gasteiger partial charge >= 0.3 is 6.09 Å². The molecule has 0 bridgehead atoms. The topological polar surface area (TPSA) is 62.7 Å². The fourth-order valence-electron chi connectivity index (χ4n) is 1.67. The van der Waals surface area contributed by atoms with E-state index in [1.807, 2.05) is 0 Å². The lowest BCUT2D eigenvalue weighted by molar-refractivity contribution is 0.176. The number of nitrogens with zero attached hydrogens (tertiary/aromatic N) is 1. The number of carbonyl (C=O) groups is 1. The van der Waals surface area contributed by atoms with Crippen LogP contribution < -0.4 is 10.6 Å². The Morgan fingerprint density at radius 2 is 2.17 bits per heavy atom. The van der Waals surface area contributed by atoms with E-state index in [-0.39, 0.29) is 18.1 Å². The van der Waals surface area contributed by atoms with E-state index in [1.165, 1.54) is 25.3 Å². The lowest BCUT2D eigenvalue weighted by Gasteiger charge is -2.13. The predicted molar refractivity (Wildman–Crippen MR) is 60.1 cm³/mol. The van der Waals surface area contributed by atoms with Crippen LogP contribution in [0.3, 0.4) is 0 Å². The van der Waals surface area contributed by atoms with E-state index in [2.05, 4.69) is 20.4 Å². The monoisotopic (exact) mass is 255 g/mol. The van der Waals surface area contributed by atoms with E-state index >= 15 is 0 Å². The van der Waals surface area contributed by atoms with Crippen LogP contribution in [0, 0.1) is 11.6 Å². The smallest absolute Gasteiger partial charge is 0.413 e. The lowest BCUT2D eigenvalue weighted by atomic mass is 10.1. The molecule has 18 heavy (non-hydrogen) atoms. The van der Waals surface area contributed by atoms with Gasteiger partial charge in [0.05, 0.1) is 19.7 Å². The maximum absolute atomic E-state index is 13.5. The first-order valence-electron chi connectivity index (χ1n) is 5.21. The predicted octanol–water partition coefficient (Wildman–Crippen LogP) is 1.32. The first kappa shape index (κ1) is 12.3. The molecule has 7 heteroatoms. The minimum Gasteiger partial charge on any atom is -0.453 e. The second-order valence-corrected chi connectivity index (χ2v) is 3.64. The van der Waals surface area contributed by atoms with Crippen LogP contribution in [-0.4, -0.2) is 25.7 Å². The molecule has 0 aliphatic carbocycles. The Morgan fingerprint density at radius 1 is 1.50 bits per heavy atom. The number of methoxy groups -OCH3 is 1. The molecule has 0 saturated heterocycles. The first-order chi connectivity index (χ1) is 8.61. The molecule has 1 aliphatic heterocycles. The molecule has 0 spiro atoms. The van der Waals surface area contributed by atoms with Gasteiger partial charge in [0.15, 0.2) is 0 Å². The van der Waals surface area contributed by atoms with E-state index in [1.54, 1.807) is 0 Å². The first-order valence-corrected chi connectivity index (χ1v) is 5.21. The number of hydrogen-bond acceptors (Lipinski definition) is 4. The third-order valence-corrected chi connectivity index (χ3v) is 2.50. The molecular weight excluding hydrogens is 244 g/mol. The van der Waals surface area contributed by atoms with Gasteiger partial charge in [0, 0.05) is 5.56 Å². The second kappa shape index (κ2) is 4.99. The Hall–Kier alpha value is -2.18. The molecule has 1 aromatic rings. The lowest BCUT2D eigenvalue weighted by Crippen LogP contribution is -2.39. The molecule has 5 nitrogen and oxygen atoms in total. The number of halogens is 2. The summed E-state index contributed by atoms with van der Waals surface area (Å²) in [5, 5.41) is 5.01. The summed E-state index contributed by atoms with van der Waals surface area (Å²) in [6, 6.07) is 2.99. The molecule has 1 heterocycles. The molecule has 96 valence electrons. The van der Waals surface area contributed by atoms with Crippen LogP contribution in [0.4, 0.5) is 13.6 Å². The third kappa shape index (κ3) is 2.39. The molecule has 1 aromatic carbocycles. The van der Waals surface area contributed by atoms with Crippen LogP contribution in [-0.2, 0) is 4.74 Å². The summed E-state index contributed by atoms with van der Waals surface area (Å²) in [7, 11) is 1.21. The molecule has 1 aliphatic rings. The molecule has 0 radical (unpaired) electrons. The van der Waals surface area contributed by atoms with Gasteiger partial charge in [-0.2, -0.15) is 0 Å². The number of alkyl carbamates (subject to hydrolysis) is 1. The van der Waals surface area contributed by atoms with Crippen LogP contribution in [0.1, 0.15) is 11.6 Å². The zero-order valence-electron chi connectivity index (χ0n) is 9.54. The Labute approximate surface area is 102 Å². The van der Waals surface area contributed by atoms with Gasteiger partial charge in [-0.3, -0.25) is 10.3 Å². The highest BCUT2D eigenvalue weighted by Gasteiger charge is 2.25. The van der Waals surface area contributed by atoms with Crippen molar-refractivity contribution in [2.45, 2.75) is 6.04 Å². The number of amides is 1. The Bertz CT molecular complexity index is 485. The fraction of sp³-hybridized carbons (Fsp3) is 0.273. The molecular formula is C11H11F2N3O2. The van der Waals surface area contributed by atoms with Gasteiger partial charge in [-0.15, -0.1) is 0 Å². The summed E-state index contributed by atoms with van der Waals surface area (Å²) < 4.78 is 31.4. The minimum absolute atomic E-state index is 0.0945. The largest absolute Gasteiger partial charge is 0.453 e. The highest BCUT2D eigenvalue weighted by atomic mass is 19.1. The highest BCUT2D eigenvalue weighted by molar-refractivity contribution is 5.94. The van der Waals surface area contributed by atoms with E-state index in [9.17, 15) is 13.6 Å². The van der Waals surface area contributed by atoms with Crippen molar-refractivity contribution in [3.8, 4) is 0 Å². The van der Waals surface area contributed by atoms with Gasteiger partial charge in [0.2, 0.25) is 5.96 Å². The number of nitrogens with one attached hydrogen (secondary N) is 2. The van der Waals surface area contributed by atoms with E-state index in [0.717, 1.165) is 0 Å². The molecule has 2 N–H and O–H groups in total. The number of aliphatic imine (C=N–C) groups is 1. The summed E-state index contributed by atoms with van der Waals surface area (Å²) in [4.78, 5) is 14.9. The van der Waals surface area contributed by atoms with Crippen molar-refractivity contribution in [3.63, 3.8) is 0 Å². The number of benzene rings is 1. The zero-order valence-corrected chi connectivity index (χ0v) is 9.54. The summed E-state index contributed by atoms with van der Waals surface area (Å²) in [6.07, 6.45) is -0.698. The summed E-state index contributed by atoms with van der Waals surface area (Å²) in [5.41, 5.74) is -0.0945. The van der Waals surface area contributed by atoms with Gasteiger partial charge < -0.3 is 10.1 Å². The van der Waals surface area contributed by atoms with Crippen LogP contribution in [0.5, 0.6) is 0 Å². The number of hydrogen-bond donors (Lipinski definition) is 2. The van der Waals surface area contributed by atoms with Crippen molar-refractivity contribution in [1.29, 1.82) is 0 Å². The molecule has 0 aromatic heterocycles. The van der Waals surface area contributed by atoms with E-state index in [0.29, 0.717) is 0 Å². The average Bonchev–Trinajstić information content (AvgIpc) is 2.77. The third-order valence-electron chi connectivity index (χ3n) is 2.50. The van der Waals surface area contributed by atoms with Crippen molar-refractivity contribution >= 4 is 12.1 Å². The summed E-state index contributed by atoms with van der Waals surface area (Å²) >= 11 is 0. The van der Waals surface area contributed by atoms with Gasteiger partial charge in [0.25, 0.3) is 0 Å². The van der Waals surface area contributed by atoms with Crippen LogP contribution >= 0.6 is 0 Å². The maximum Gasteiger partial charge on any atom is 0.413 e. The second-order valence-electron chi connectivity index (χ2n) is 3.64. The van der Waals surface area contributed by atoms with Crippen LogP contribution in [0.15, 0.2) is 23.2 Å². The van der Waals surface area contributed by atoms with E-state index < -0.39 is 23.8 Å². The molecule has 1 atom stereocenters. The van der Waals surface area contributed by atoms with E-state index in [4.69, 9.17) is 0 Å². The molecule has 1 amide bonds. The quantitative estimate of drug-likeness (QED) is 0.795. The number of rotatable bonds is 1. The average molecular weight is 255 g/mol. The highest BCUT2D eigenvalue weighted by Crippen LogP contribution is 2.23. The standard InChI is InChI=1S/C11H11F2N3O2/c1-18-11(17)16-10-14-5-8(15-10)9-6(12)3-2-4-7(9)13/h2-4,8H,5H2,1H3,(H2,14,15,16,17). The van der Waals surface area contributed by atoms with Gasteiger partial charge in [0.1, 0.15) is 11.6 Å². The van der Waals surface area contributed by atoms with Gasteiger partial charge in [-0.25, -0.2) is 13.6 Å². The molecule has 2 rings (SSSR count). The number of guanidine groups is 1. The minimum atomic E-state index is -0.698. The summed E-state index contributed by atoms with van der Waals surface area (Å²) in [6.45, 7) is 0.136. The molecule has 1 unspecified atom stereocenters.